The highest BCUT2D eigenvalue weighted by atomic mass is 19.3. The van der Waals surface area contributed by atoms with Gasteiger partial charge in [0.1, 0.15) is 17.3 Å². The van der Waals surface area contributed by atoms with Crippen molar-refractivity contribution in [3.8, 4) is 11.3 Å². The highest BCUT2D eigenvalue weighted by Gasteiger charge is 2.16. The summed E-state index contributed by atoms with van der Waals surface area (Å²) in [6.07, 6.45) is 0.266. The van der Waals surface area contributed by atoms with Crippen LogP contribution in [0.5, 0.6) is 0 Å². The quantitative estimate of drug-likeness (QED) is 0.856. The zero-order valence-corrected chi connectivity index (χ0v) is 12.4. The predicted molar refractivity (Wildman–Crippen MR) is 81.3 cm³/mol. The highest BCUT2D eigenvalue weighted by molar-refractivity contribution is 5.71. The summed E-state index contributed by atoms with van der Waals surface area (Å²) in [7, 11) is 0. The summed E-state index contributed by atoms with van der Waals surface area (Å²) in [6.45, 7) is 4.95. The van der Waals surface area contributed by atoms with Crippen LogP contribution in [0, 0.1) is 0 Å². The molecule has 0 aliphatic heterocycles. The van der Waals surface area contributed by atoms with E-state index < -0.39 is 6.43 Å². The van der Waals surface area contributed by atoms with Gasteiger partial charge in [0, 0.05) is 24.1 Å². The molecular weight excluding hydrogens is 272 g/mol. The Morgan fingerprint density at radius 3 is 2.62 bits per heavy atom. The Labute approximate surface area is 123 Å². The number of alkyl halides is 2. The maximum Gasteiger partial charge on any atom is 0.263 e. The average Bonchev–Trinajstić information content (AvgIpc) is 2.77. The smallest absolute Gasteiger partial charge is 0.263 e. The Morgan fingerprint density at radius 1 is 1.24 bits per heavy atom. The van der Waals surface area contributed by atoms with E-state index in [1.807, 2.05) is 4.57 Å². The fraction of sp³-hybridized carbons (Fsp3) is 0.438. The van der Waals surface area contributed by atoms with Crippen molar-refractivity contribution >= 4 is 5.82 Å². The molecule has 2 rings (SSSR count). The van der Waals surface area contributed by atoms with Gasteiger partial charge in [-0.15, -0.1) is 0 Å². The topological polar surface area (TPSA) is 43.8 Å². The molecule has 2 aromatic rings. The van der Waals surface area contributed by atoms with Crippen LogP contribution in [0.15, 0.2) is 24.3 Å². The fourth-order valence-electron chi connectivity index (χ4n) is 2.44. The monoisotopic (exact) mass is 293 g/mol. The normalized spacial score (nSPS) is 11.3. The molecular formula is C16H21F2N3. The van der Waals surface area contributed by atoms with Gasteiger partial charge in [0.25, 0.3) is 6.43 Å². The lowest BCUT2D eigenvalue weighted by molar-refractivity contribution is 0.151. The largest absolute Gasteiger partial charge is 0.383 e. The van der Waals surface area contributed by atoms with Gasteiger partial charge in [0.15, 0.2) is 0 Å². The first kappa shape index (κ1) is 15.5. The molecule has 1 heterocycles. The van der Waals surface area contributed by atoms with E-state index in [4.69, 9.17) is 5.73 Å². The predicted octanol–water partition coefficient (Wildman–Crippen LogP) is 4.43. The van der Waals surface area contributed by atoms with E-state index in [0.29, 0.717) is 17.1 Å². The number of rotatable bonds is 6. The average molecular weight is 293 g/mol. The third kappa shape index (κ3) is 3.23. The van der Waals surface area contributed by atoms with Crippen LogP contribution in [0.3, 0.4) is 0 Å². The molecule has 0 aliphatic rings. The van der Waals surface area contributed by atoms with E-state index in [2.05, 4.69) is 18.8 Å². The van der Waals surface area contributed by atoms with Crippen LogP contribution in [0.4, 0.5) is 14.6 Å². The first-order valence-electron chi connectivity index (χ1n) is 7.31. The molecule has 0 radical (unpaired) electrons. The second kappa shape index (κ2) is 6.70. The maximum absolute atomic E-state index is 12.8. The third-order valence-corrected chi connectivity index (χ3v) is 3.42. The second-order valence-corrected chi connectivity index (χ2v) is 5.09. The Kier molecular flexibility index (Phi) is 4.94. The van der Waals surface area contributed by atoms with Crippen LogP contribution in [0.25, 0.3) is 11.3 Å². The van der Waals surface area contributed by atoms with Gasteiger partial charge < -0.3 is 10.3 Å². The number of halogens is 2. The molecule has 5 heteroatoms. The summed E-state index contributed by atoms with van der Waals surface area (Å²) in [6, 6.07) is 6.28. The van der Waals surface area contributed by atoms with Gasteiger partial charge in [-0.05, 0) is 18.9 Å². The van der Waals surface area contributed by atoms with Crippen molar-refractivity contribution in [1.82, 2.24) is 9.55 Å². The zero-order chi connectivity index (χ0) is 15.4. The first-order chi connectivity index (χ1) is 10.1. The number of hydrogen-bond acceptors (Lipinski definition) is 2. The summed E-state index contributed by atoms with van der Waals surface area (Å²) in [5.41, 5.74) is 7.44. The van der Waals surface area contributed by atoms with E-state index in [1.54, 1.807) is 12.1 Å². The summed E-state index contributed by atoms with van der Waals surface area (Å²) in [5, 5.41) is 0. The molecule has 0 saturated heterocycles. The Morgan fingerprint density at radius 2 is 2.00 bits per heavy atom. The molecule has 1 aromatic carbocycles. The van der Waals surface area contributed by atoms with Gasteiger partial charge in [-0.2, -0.15) is 0 Å². The Hall–Kier alpha value is -1.91. The van der Waals surface area contributed by atoms with Gasteiger partial charge in [-0.1, -0.05) is 32.0 Å². The van der Waals surface area contributed by atoms with Crippen LogP contribution in [-0.2, 0) is 13.0 Å². The number of anilines is 1. The van der Waals surface area contributed by atoms with Crippen molar-refractivity contribution in [3.05, 3.63) is 35.7 Å². The van der Waals surface area contributed by atoms with Gasteiger partial charge in [-0.3, -0.25) is 0 Å². The zero-order valence-electron chi connectivity index (χ0n) is 12.4. The van der Waals surface area contributed by atoms with Crippen molar-refractivity contribution in [2.24, 2.45) is 0 Å². The fourth-order valence-corrected chi connectivity index (χ4v) is 2.44. The minimum absolute atomic E-state index is 0.00557. The summed E-state index contributed by atoms with van der Waals surface area (Å²) in [4.78, 5) is 4.58. The van der Waals surface area contributed by atoms with E-state index in [9.17, 15) is 8.78 Å². The van der Waals surface area contributed by atoms with Crippen LogP contribution in [0.2, 0.25) is 0 Å². The van der Waals surface area contributed by atoms with Crippen LogP contribution < -0.4 is 5.73 Å². The lowest BCUT2D eigenvalue weighted by Crippen LogP contribution is -2.06. The lowest BCUT2D eigenvalue weighted by Gasteiger charge is -2.07. The van der Waals surface area contributed by atoms with Crippen molar-refractivity contribution in [2.75, 3.05) is 5.73 Å². The number of nitrogen functional groups attached to an aromatic ring is 1. The van der Waals surface area contributed by atoms with Gasteiger partial charge in [0.05, 0.1) is 0 Å². The van der Waals surface area contributed by atoms with Crippen LogP contribution in [0.1, 0.15) is 44.5 Å². The van der Waals surface area contributed by atoms with Crippen molar-refractivity contribution < 1.29 is 8.78 Å². The van der Waals surface area contributed by atoms with Gasteiger partial charge in [0.2, 0.25) is 0 Å². The molecule has 0 aliphatic carbocycles. The molecule has 0 fully saturated rings. The SMILES string of the molecule is CCCc1nc(-c2cccc(C(F)F)c2)c(N)n1CCC. The van der Waals surface area contributed by atoms with Crippen molar-refractivity contribution in [2.45, 2.75) is 46.1 Å². The minimum Gasteiger partial charge on any atom is -0.383 e. The standard InChI is InChI=1S/C16H21F2N3/c1-3-6-13-20-14(16(19)21(13)9-4-2)11-7-5-8-12(10-11)15(17)18/h5,7-8,10,15H,3-4,6,9,19H2,1-2H3. The molecule has 114 valence electrons. The number of imidazole rings is 1. The number of aryl methyl sites for hydroxylation is 1. The first-order valence-corrected chi connectivity index (χ1v) is 7.31. The van der Waals surface area contributed by atoms with Gasteiger partial charge >= 0.3 is 0 Å². The van der Waals surface area contributed by atoms with E-state index in [1.165, 1.54) is 12.1 Å². The molecule has 1 aromatic heterocycles. The highest BCUT2D eigenvalue weighted by Crippen LogP contribution is 2.30. The van der Waals surface area contributed by atoms with Crippen molar-refractivity contribution in [1.29, 1.82) is 0 Å². The molecule has 21 heavy (non-hydrogen) atoms. The minimum atomic E-state index is -2.49. The molecule has 0 amide bonds. The molecule has 0 atom stereocenters. The van der Waals surface area contributed by atoms with E-state index >= 15 is 0 Å². The second-order valence-electron chi connectivity index (χ2n) is 5.09. The molecule has 0 spiro atoms. The summed E-state index contributed by atoms with van der Waals surface area (Å²) < 4.78 is 27.7. The van der Waals surface area contributed by atoms with E-state index in [-0.39, 0.29) is 5.56 Å². The number of nitrogens with zero attached hydrogens (tertiary/aromatic N) is 2. The van der Waals surface area contributed by atoms with E-state index in [0.717, 1.165) is 31.6 Å². The number of nitrogens with two attached hydrogens (primary N) is 1. The van der Waals surface area contributed by atoms with Crippen LogP contribution >= 0.6 is 0 Å². The molecule has 0 saturated carbocycles. The molecule has 3 nitrogen and oxygen atoms in total. The number of benzene rings is 1. The summed E-state index contributed by atoms with van der Waals surface area (Å²) >= 11 is 0. The van der Waals surface area contributed by atoms with Gasteiger partial charge in [-0.25, -0.2) is 13.8 Å². The Balaban J connectivity index is 2.48. The summed E-state index contributed by atoms with van der Waals surface area (Å²) in [5.74, 6) is 1.49. The maximum atomic E-state index is 12.8. The van der Waals surface area contributed by atoms with Crippen molar-refractivity contribution in [3.63, 3.8) is 0 Å². The molecule has 0 unspecified atom stereocenters. The Bertz CT molecular complexity index is 606. The number of hydrogen-bond donors (Lipinski definition) is 1. The van der Waals surface area contributed by atoms with Crippen LogP contribution in [-0.4, -0.2) is 9.55 Å². The lowest BCUT2D eigenvalue weighted by atomic mass is 10.1. The number of aromatic nitrogens is 2. The molecule has 0 bridgehead atoms. The molecule has 2 N–H and O–H groups in total. The third-order valence-electron chi connectivity index (χ3n) is 3.42.